The van der Waals surface area contributed by atoms with Crippen LogP contribution in [0.2, 0.25) is 0 Å². The molecular formula is C24H13F7N2O4S2. The van der Waals surface area contributed by atoms with Gasteiger partial charge in [0.2, 0.25) is 0 Å². The van der Waals surface area contributed by atoms with E-state index < -0.39 is 74.4 Å². The maximum Gasteiger partial charge on any atom is 0.416 e. The number of H-pyrrole nitrogens is 1. The van der Waals surface area contributed by atoms with E-state index in [0.29, 0.717) is 11.3 Å². The first-order valence-corrected chi connectivity index (χ1v) is 12.8. The molecule has 4 aromatic rings. The third-order valence-corrected chi connectivity index (χ3v) is 8.35. The summed E-state index contributed by atoms with van der Waals surface area (Å²) < 4.78 is 121. The number of aromatic nitrogens is 1. The first-order chi connectivity index (χ1) is 18.2. The molecule has 39 heavy (non-hydrogen) atoms. The number of hydrogen-bond acceptors (Lipinski definition) is 4. The minimum Gasteiger partial charge on any atom is -0.480 e. The van der Waals surface area contributed by atoms with Crippen molar-refractivity contribution in [3.05, 3.63) is 87.4 Å². The van der Waals surface area contributed by atoms with Crippen LogP contribution in [-0.4, -0.2) is 30.5 Å². The van der Waals surface area contributed by atoms with Crippen LogP contribution in [0.4, 0.5) is 30.7 Å². The second-order valence-electron chi connectivity index (χ2n) is 7.98. The Morgan fingerprint density at radius 3 is 2.23 bits per heavy atom. The molecule has 0 aliphatic heterocycles. The Morgan fingerprint density at radius 2 is 1.62 bits per heavy atom. The molecule has 0 amide bonds. The number of carboxylic acids is 1. The van der Waals surface area contributed by atoms with E-state index in [2.05, 4.69) is 16.8 Å². The maximum absolute atomic E-state index is 14.3. The zero-order valence-electron chi connectivity index (χ0n) is 19.0. The van der Waals surface area contributed by atoms with Gasteiger partial charge in [-0.25, -0.2) is 26.0 Å². The number of thiophene rings is 1. The summed E-state index contributed by atoms with van der Waals surface area (Å²) in [5.74, 6) is -4.21. The van der Waals surface area contributed by atoms with Crippen molar-refractivity contribution >= 4 is 38.2 Å². The number of aromatic amines is 1. The first-order valence-electron chi connectivity index (χ1n) is 10.5. The fraction of sp³-hybridized carbons (Fsp3) is 0.125. The number of carbonyl (C=O) groups is 1. The molecule has 0 aliphatic rings. The van der Waals surface area contributed by atoms with Crippen molar-refractivity contribution < 1.29 is 49.1 Å². The van der Waals surface area contributed by atoms with Gasteiger partial charge < -0.3 is 10.1 Å². The average molecular weight is 590 g/mol. The molecule has 0 fully saturated rings. The lowest BCUT2D eigenvalue weighted by Gasteiger charge is -2.14. The van der Waals surface area contributed by atoms with E-state index in [1.807, 2.05) is 4.72 Å². The Hall–Kier alpha value is -3.87. The topological polar surface area (TPSA) is 99.3 Å². The Labute approximate surface area is 219 Å². The summed E-state index contributed by atoms with van der Waals surface area (Å²) in [7, 11) is -4.50. The number of hydrogen-bond donors (Lipinski definition) is 3. The van der Waals surface area contributed by atoms with Crippen LogP contribution in [0.3, 0.4) is 0 Å². The zero-order chi connectivity index (χ0) is 28.7. The van der Waals surface area contributed by atoms with E-state index in [0.717, 1.165) is 36.5 Å². The standard InChI is InChI=1S/C24H13F7N2O4S2/c25-18-17-12(10-32-22(17)21(28)20(27)19(18)26)9-15(23(34)35)33-39(36,37)16-8-7-14(38-16)6-3-11-1-4-13(5-2-11)24(29,30)31/h1-2,4-5,7-8,10,15,32-33H,9H2,(H,34,35). The highest BCUT2D eigenvalue weighted by Gasteiger charge is 2.31. The summed E-state index contributed by atoms with van der Waals surface area (Å²) >= 11 is 0.635. The summed E-state index contributed by atoms with van der Waals surface area (Å²) in [5.41, 5.74) is -1.73. The molecule has 1 unspecified atom stereocenters. The van der Waals surface area contributed by atoms with Crippen LogP contribution in [0.5, 0.6) is 0 Å². The molecule has 4 rings (SSSR count). The predicted octanol–water partition coefficient (Wildman–Crippen LogP) is 5.18. The Kier molecular flexibility index (Phi) is 7.48. The summed E-state index contributed by atoms with van der Waals surface area (Å²) in [6.07, 6.45) is -4.38. The fourth-order valence-electron chi connectivity index (χ4n) is 3.51. The highest BCUT2D eigenvalue weighted by molar-refractivity contribution is 7.91. The normalized spacial score (nSPS) is 12.8. The van der Waals surface area contributed by atoms with Gasteiger partial charge in [-0.1, -0.05) is 11.8 Å². The van der Waals surface area contributed by atoms with Crippen molar-refractivity contribution in [2.45, 2.75) is 22.8 Å². The van der Waals surface area contributed by atoms with E-state index in [1.165, 1.54) is 6.07 Å². The molecule has 0 radical (unpaired) electrons. The quantitative estimate of drug-likeness (QED) is 0.125. The van der Waals surface area contributed by atoms with Gasteiger partial charge in [0.05, 0.1) is 16.0 Å². The molecule has 0 saturated carbocycles. The number of carboxylic acid groups (broad SMARTS) is 1. The van der Waals surface area contributed by atoms with Gasteiger partial charge in [0.25, 0.3) is 10.0 Å². The number of benzene rings is 2. The van der Waals surface area contributed by atoms with E-state index in [1.54, 1.807) is 0 Å². The van der Waals surface area contributed by atoms with Gasteiger partial charge in [0.15, 0.2) is 23.3 Å². The Morgan fingerprint density at radius 1 is 0.974 bits per heavy atom. The minimum atomic E-state index is -4.52. The van der Waals surface area contributed by atoms with E-state index >= 15 is 0 Å². The van der Waals surface area contributed by atoms with Gasteiger partial charge in [0, 0.05) is 23.6 Å². The zero-order valence-corrected chi connectivity index (χ0v) is 20.6. The minimum absolute atomic E-state index is 0.189. The molecule has 6 nitrogen and oxygen atoms in total. The van der Waals surface area contributed by atoms with Crippen LogP contribution in [0.15, 0.2) is 46.8 Å². The number of halogens is 7. The third-order valence-electron chi connectivity index (χ3n) is 5.39. The number of fused-ring (bicyclic) bond motifs is 1. The number of aliphatic carboxylic acids is 1. The third kappa shape index (κ3) is 5.77. The molecule has 2 aromatic carbocycles. The molecule has 0 spiro atoms. The van der Waals surface area contributed by atoms with Gasteiger partial charge in [-0.3, -0.25) is 4.79 Å². The molecule has 2 heterocycles. The summed E-state index contributed by atoms with van der Waals surface area (Å²) in [5, 5.41) is 8.76. The lowest BCUT2D eigenvalue weighted by molar-refractivity contribution is -0.139. The molecule has 0 saturated heterocycles. The lowest BCUT2D eigenvalue weighted by Crippen LogP contribution is -2.42. The first kappa shape index (κ1) is 28.1. The van der Waals surface area contributed by atoms with Crippen LogP contribution in [0.25, 0.3) is 10.9 Å². The number of alkyl halides is 3. The monoisotopic (exact) mass is 590 g/mol. The van der Waals surface area contributed by atoms with Gasteiger partial charge in [-0.15, -0.1) is 11.3 Å². The number of rotatable bonds is 6. The number of nitrogens with one attached hydrogen (secondary N) is 2. The molecule has 2 aromatic heterocycles. The summed E-state index contributed by atoms with van der Waals surface area (Å²) in [6.45, 7) is 0. The average Bonchev–Trinajstić information content (AvgIpc) is 3.52. The van der Waals surface area contributed by atoms with Crippen molar-refractivity contribution in [2.75, 3.05) is 0 Å². The molecule has 204 valence electrons. The van der Waals surface area contributed by atoms with Crippen LogP contribution in [0.1, 0.15) is 21.6 Å². The van der Waals surface area contributed by atoms with Crippen molar-refractivity contribution in [3.8, 4) is 11.8 Å². The second kappa shape index (κ2) is 10.4. The van der Waals surface area contributed by atoms with E-state index in [9.17, 15) is 49.1 Å². The molecule has 1 atom stereocenters. The van der Waals surface area contributed by atoms with Gasteiger partial charge >= 0.3 is 12.1 Å². The van der Waals surface area contributed by atoms with Crippen molar-refractivity contribution in [1.29, 1.82) is 0 Å². The van der Waals surface area contributed by atoms with E-state index in [-0.39, 0.29) is 20.2 Å². The molecule has 15 heteroatoms. The maximum atomic E-state index is 14.3. The van der Waals surface area contributed by atoms with Crippen LogP contribution in [-0.2, 0) is 27.4 Å². The molecule has 0 bridgehead atoms. The summed E-state index contributed by atoms with van der Waals surface area (Å²) in [4.78, 5) is 14.1. The largest absolute Gasteiger partial charge is 0.480 e. The Balaban J connectivity index is 1.55. The van der Waals surface area contributed by atoms with Crippen LogP contribution < -0.4 is 4.72 Å². The van der Waals surface area contributed by atoms with Crippen molar-refractivity contribution in [3.63, 3.8) is 0 Å². The highest BCUT2D eigenvalue weighted by Crippen LogP contribution is 2.31. The van der Waals surface area contributed by atoms with Crippen molar-refractivity contribution in [2.24, 2.45) is 0 Å². The predicted molar refractivity (Wildman–Crippen MR) is 125 cm³/mol. The second-order valence-corrected chi connectivity index (χ2v) is 11.0. The van der Waals surface area contributed by atoms with Gasteiger partial charge in [-0.05, 0) is 42.0 Å². The molecule has 3 N–H and O–H groups in total. The van der Waals surface area contributed by atoms with E-state index in [4.69, 9.17) is 0 Å². The SMILES string of the molecule is O=C(O)C(Cc1c[nH]c2c(F)c(F)c(F)c(F)c12)NS(=O)(=O)c1ccc(C#Cc2ccc(C(F)(F)F)cc2)s1. The lowest BCUT2D eigenvalue weighted by atomic mass is 10.0. The van der Waals surface area contributed by atoms with Crippen LogP contribution in [0, 0.1) is 35.1 Å². The van der Waals surface area contributed by atoms with Crippen LogP contribution >= 0.6 is 11.3 Å². The van der Waals surface area contributed by atoms with Crippen molar-refractivity contribution in [1.82, 2.24) is 9.71 Å². The van der Waals surface area contributed by atoms with Gasteiger partial charge in [0.1, 0.15) is 10.3 Å². The fourth-order valence-corrected chi connectivity index (χ4v) is 5.88. The molecular weight excluding hydrogens is 577 g/mol. The van der Waals surface area contributed by atoms with Gasteiger partial charge in [-0.2, -0.15) is 17.9 Å². The highest BCUT2D eigenvalue weighted by atomic mass is 32.2. The smallest absolute Gasteiger partial charge is 0.416 e. The molecule has 0 aliphatic carbocycles. The summed E-state index contributed by atoms with van der Waals surface area (Å²) in [6, 6.07) is 4.43. The number of sulfonamides is 1. The Bertz CT molecular complexity index is 1750.